The standard InChI is InChI=1S/C66H38IN2S2/c1-35-13-3-5-15-39(35)48-31-50-52(29-36(48)2)65-46-20-8-7-19-45(46)63(69(65)56-28-25-44-41-17-9-11-21-54(41)67-62(44)60(50)56)37-23-24-43-49-32-53-51(33-59(49)70-58(43)30-37)61-55(68-34-38-14-4-6-16-40(38)64(53)68)27-26-47-42-18-10-12-22-57(42)71-66(47)61/h3-34H,1-2H3/q-1. The van der Waals surface area contributed by atoms with Crippen molar-refractivity contribution in [3.8, 4) is 33.5 Å². The van der Waals surface area contributed by atoms with Crippen LogP contribution in [0.3, 0.4) is 0 Å². The molecule has 332 valence electrons. The van der Waals surface area contributed by atoms with E-state index in [9.17, 15) is 0 Å². The van der Waals surface area contributed by atoms with Crippen LogP contribution in [0.2, 0.25) is 0 Å². The Hall–Kier alpha value is -7.55. The normalized spacial score (nSPS) is 13.0. The van der Waals surface area contributed by atoms with Crippen LogP contribution in [0, 0.1) is 21.0 Å². The fourth-order valence-corrected chi connectivity index (χ4v) is 18.5. The molecule has 0 saturated heterocycles. The zero-order valence-electron chi connectivity index (χ0n) is 38.6. The summed E-state index contributed by atoms with van der Waals surface area (Å²) in [5, 5.41) is 18.5. The molecule has 16 aromatic rings. The summed E-state index contributed by atoms with van der Waals surface area (Å²) in [5.41, 5.74) is 15.7. The van der Waals surface area contributed by atoms with Crippen molar-refractivity contribution < 1.29 is 21.2 Å². The first kappa shape index (κ1) is 39.2. The summed E-state index contributed by atoms with van der Waals surface area (Å²) in [4.78, 5) is 0. The molecule has 7 heterocycles. The van der Waals surface area contributed by atoms with Crippen molar-refractivity contribution in [1.82, 2.24) is 8.80 Å². The van der Waals surface area contributed by atoms with Gasteiger partial charge in [-0.15, -0.1) is 11.3 Å². The number of benzene rings is 10. The fourth-order valence-electron chi connectivity index (χ4n) is 12.7. The van der Waals surface area contributed by atoms with E-state index in [-0.39, 0.29) is 0 Å². The third-order valence-corrected chi connectivity index (χ3v) is 21.3. The molecule has 17 rings (SSSR count). The second-order valence-electron chi connectivity index (χ2n) is 19.6. The number of fused-ring (bicyclic) bond motifs is 27. The van der Waals surface area contributed by atoms with E-state index in [1.165, 1.54) is 168 Å². The van der Waals surface area contributed by atoms with Crippen LogP contribution in [0.5, 0.6) is 0 Å². The van der Waals surface area contributed by atoms with E-state index in [0.717, 1.165) is 0 Å². The van der Waals surface area contributed by atoms with Gasteiger partial charge in [0.25, 0.3) is 0 Å². The van der Waals surface area contributed by atoms with E-state index < -0.39 is 21.2 Å². The van der Waals surface area contributed by atoms with Gasteiger partial charge in [0.05, 0.1) is 11.0 Å². The molecule has 0 spiro atoms. The first-order valence-electron chi connectivity index (χ1n) is 24.4. The van der Waals surface area contributed by atoms with Crippen LogP contribution < -0.4 is 21.2 Å². The monoisotopic (exact) mass is 1050 g/mol. The van der Waals surface area contributed by atoms with Crippen molar-refractivity contribution in [3.63, 3.8) is 0 Å². The average Bonchev–Trinajstić information content (AvgIpc) is 4.24. The molecule has 0 saturated carbocycles. The summed E-state index contributed by atoms with van der Waals surface area (Å²) in [6, 6.07) is 72.0. The van der Waals surface area contributed by atoms with Gasteiger partial charge >= 0.3 is 299 Å². The average molecular weight is 1050 g/mol. The van der Waals surface area contributed by atoms with Crippen LogP contribution in [0.1, 0.15) is 11.1 Å². The summed E-state index contributed by atoms with van der Waals surface area (Å²) in [5.74, 6) is 0. The summed E-state index contributed by atoms with van der Waals surface area (Å²) in [6.07, 6.45) is 2.35. The van der Waals surface area contributed by atoms with Crippen molar-refractivity contribution in [2.45, 2.75) is 13.8 Å². The van der Waals surface area contributed by atoms with Crippen LogP contribution in [-0.4, -0.2) is 8.80 Å². The molecule has 2 nitrogen and oxygen atoms in total. The van der Waals surface area contributed by atoms with Gasteiger partial charge in [-0.2, -0.15) is 0 Å². The topological polar surface area (TPSA) is 8.82 Å². The summed E-state index contributed by atoms with van der Waals surface area (Å²) >= 11 is 3.46. The predicted molar refractivity (Wildman–Crippen MR) is 302 cm³/mol. The second-order valence-corrected chi connectivity index (χ2v) is 24.5. The fraction of sp³-hybridized carbons (Fsp3) is 0.0303. The predicted octanol–water partition coefficient (Wildman–Crippen LogP) is 15.9. The van der Waals surface area contributed by atoms with Gasteiger partial charge in [-0.25, -0.2) is 0 Å². The van der Waals surface area contributed by atoms with Gasteiger partial charge in [0.15, 0.2) is 0 Å². The molecule has 0 radical (unpaired) electrons. The Bertz CT molecular complexity index is 5120. The number of halogens is 1. The number of rotatable bonds is 2. The molecule has 0 aliphatic carbocycles. The molecule has 10 aromatic carbocycles. The van der Waals surface area contributed by atoms with Crippen LogP contribution in [0.4, 0.5) is 0 Å². The van der Waals surface area contributed by atoms with E-state index in [0.29, 0.717) is 0 Å². The van der Waals surface area contributed by atoms with Crippen molar-refractivity contribution >= 4 is 139 Å². The molecule has 0 bridgehead atoms. The SMILES string of the molecule is Cc1ccccc1-c1cc2c(cc1C)c1c3ccccc3c(-c3ccc4c(c3)sc3cc5c(cc34)c3c4ccccc4cn3c3ccc4c6ccccc6sc4c53)n1c1ccc3c(c21)[I-]c1ccccc1-3. The number of thiophene rings is 2. The third kappa shape index (κ3) is 5.15. The number of hydrogen-bond acceptors (Lipinski definition) is 2. The maximum absolute atomic E-state index is 2.65. The van der Waals surface area contributed by atoms with E-state index in [1.807, 2.05) is 22.7 Å². The number of hydrogen-bond donors (Lipinski definition) is 0. The second kappa shape index (κ2) is 14.1. The Kier molecular flexibility index (Phi) is 7.77. The molecule has 0 atom stereocenters. The van der Waals surface area contributed by atoms with Crippen LogP contribution in [0.25, 0.3) is 150 Å². The van der Waals surface area contributed by atoms with Crippen LogP contribution >= 0.6 is 22.7 Å². The van der Waals surface area contributed by atoms with Crippen molar-refractivity contribution in [2.24, 2.45) is 0 Å². The van der Waals surface area contributed by atoms with Gasteiger partial charge < -0.3 is 4.40 Å². The molecule has 5 heteroatoms. The molecule has 0 unspecified atom stereocenters. The third-order valence-electron chi connectivity index (χ3n) is 15.8. The zero-order valence-corrected chi connectivity index (χ0v) is 42.4. The number of aryl methyl sites for hydroxylation is 2. The maximum atomic E-state index is 2.65. The Labute approximate surface area is 425 Å². The number of aromatic nitrogens is 2. The summed E-state index contributed by atoms with van der Waals surface area (Å²) in [7, 11) is 0. The van der Waals surface area contributed by atoms with Crippen LogP contribution in [0.15, 0.2) is 194 Å². The first-order chi connectivity index (χ1) is 35.0. The minimum atomic E-state index is -0.409. The first-order valence-corrected chi connectivity index (χ1v) is 28.2. The molecule has 71 heavy (non-hydrogen) atoms. The van der Waals surface area contributed by atoms with Gasteiger partial charge in [0.2, 0.25) is 0 Å². The van der Waals surface area contributed by atoms with E-state index in [1.54, 1.807) is 0 Å². The summed E-state index contributed by atoms with van der Waals surface area (Å²) in [6.45, 7) is 4.56. The van der Waals surface area contributed by atoms with Gasteiger partial charge in [-0.3, -0.25) is 0 Å². The van der Waals surface area contributed by atoms with Gasteiger partial charge in [0.1, 0.15) is 0 Å². The van der Waals surface area contributed by atoms with E-state index >= 15 is 0 Å². The molecular weight excluding hydrogens is 1010 g/mol. The van der Waals surface area contributed by atoms with Gasteiger partial charge in [0, 0.05) is 42.5 Å². The Morgan fingerprint density at radius 3 is 2.00 bits per heavy atom. The van der Waals surface area contributed by atoms with Gasteiger partial charge in [-0.05, 0) is 12.1 Å². The molecule has 1 aliphatic rings. The Morgan fingerprint density at radius 1 is 0.394 bits per heavy atom. The van der Waals surface area contributed by atoms with E-state index in [2.05, 4.69) is 217 Å². The quantitative estimate of drug-likeness (QED) is 0.121. The molecule has 1 aliphatic heterocycles. The Balaban J connectivity index is 0.972. The van der Waals surface area contributed by atoms with Crippen molar-refractivity contribution in [3.05, 3.63) is 213 Å². The minimum absolute atomic E-state index is 0.409. The van der Waals surface area contributed by atoms with Crippen molar-refractivity contribution in [1.29, 1.82) is 0 Å². The van der Waals surface area contributed by atoms with Crippen molar-refractivity contribution in [2.75, 3.05) is 0 Å². The van der Waals surface area contributed by atoms with Gasteiger partial charge in [-0.1, -0.05) is 48.5 Å². The number of pyridine rings is 2. The Morgan fingerprint density at radius 2 is 1.10 bits per heavy atom. The molecule has 0 amide bonds. The van der Waals surface area contributed by atoms with E-state index in [4.69, 9.17) is 0 Å². The van der Waals surface area contributed by atoms with Crippen LogP contribution in [-0.2, 0) is 0 Å². The molecule has 0 fully saturated rings. The summed E-state index contributed by atoms with van der Waals surface area (Å²) < 4.78 is 13.5. The zero-order chi connectivity index (χ0) is 46.4. The number of nitrogens with zero attached hydrogens (tertiary/aromatic N) is 2. The molecule has 0 N–H and O–H groups in total. The molecular formula is C66H38IN2S2-. The molecule has 6 aromatic heterocycles.